The van der Waals surface area contributed by atoms with E-state index >= 15 is 0 Å². The Kier molecular flexibility index (Phi) is 4.29. The number of aromatic nitrogens is 2. The lowest BCUT2D eigenvalue weighted by Gasteiger charge is -2.41. The molecule has 1 amide bonds. The highest BCUT2D eigenvalue weighted by Gasteiger charge is 2.29. The van der Waals surface area contributed by atoms with Crippen molar-refractivity contribution in [2.45, 2.75) is 19.9 Å². The lowest BCUT2D eigenvalue weighted by molar-refractivity contribution is 0.0673. The fourth-order valence-electron chi connectivity index (χ4n) is 3.72. The highest BCUT2D eigenvalue weighted by molar-refractivity contribution is 5.96. The summed E-state index contributed by atoms with van der Waals surface area (Å²) in [5.41, 5.74) is 2.69. The molecule has 3 heterocycles. The third-order valence-electron chi connectivity index (χ3n) is 5.12. The van der Waals surface area contributed by atoms with Crippen molar-refractivity contribution in [3.63, 3.8) is 0 Å². The van der Waals surface area contributed by atoms with Gasteiger partial charge in [0.2, 0.25) is 0 Å². The summed E-state index contributed by atoms with van der Waals surface area (Å²) in [6.45, 7) is 6.33. The van der Waals surface area contributed by atoms with Crippen LogP contribution in [0, 0.1) is 6.92 Å². The SMILES string of the molecule is Cc1ncccc1C(=O)N1CCN(c2cccc3cnccc23)CC1C. The van der Waals surface area contributed by atoms with Gasteiger partial charge in [0.1, 0.15) is 0 Å². The monoisotopic (exact) mass is 346 g/mol. The predicted octanol–water partition coefficient (Wildman–Crippen LogP) is 3.29. The molecule has 0 aliphatic carbocycles. The number of nitrogens with zero attached hydrogens (tertiary/aromatic N) is 4. The normalized spacial score (nSPS) is 17.5. The van der Waals surface area contributed by atoms with Gasteiger partial charge in [0.05, 0.1) is 5.56 Å². The Morgan fingerprint density at radius 3 is 2.81 bits per heavy atom. The first-order valence-electron chi connectivity index (χ1n) is 8.95. The van der Waals surface area contributed by atoms with Crippen molar-refractivity contribution < 1.29 is 4.79 Å². The molecule has 1 saturated heterocycles. The first kappa shape index (κ1) is 16.5. The van der Waals surface area contributed by atoms with Crippen LogP contribution < -0.4 is 4.90 Å². The van der Waals surface area contributed by atoms with Crippen LogP contribution in [0.2, 0.25) is 0 Å². The molecule has 0 spiro atoms. The molecule has 4 rings (SSSR count). The molecule has 1 fully saturated rings. The molecule has 5 nitrogen and oxygen atoms in total. The quantitative estimate of drug-likeness (QED) is 0.714. The van der Waals surface area contributed by atoms with Crippen molar-refractivity contribution in [1.82, 2.24) is 14.9 Å². The molecule has 1 unspecified atom stereocenters. The Bertz CT molecular complexity index is 950. The Labute approximate surface area is 153 Å². The molecule has 132 valence electrons. The average Bonchev–Trinajstić information content (AvgIpc) is 2.67. The molecule has 26 heavy (non-hydrogen) atoms. The van der Waals surface area contributed by atoms with E-state index < -0.39 is 0 Å². The minimum absolute atomic E-state index is 0.0740. The number of benzene rings is 1. The number of amides is 1. The number of pyridine rings is 2. The van der Waals surface area contributed by atoms with Crippen molar-refractivity contribution in [1.29, 1.82) is 0 Å². The molecule has 0 radical (unpaired) electrons. The van der Waals surface area contributed by atoms with Crippen LogP contribution in [0.3, 0.4) is 0 Å². The Morgan fingerprint density at radius 2 is 2.00 bits per heavy atom. The van der Waals surface area contributed by atoms with Gasteiger partial charge in [-0.15, -0.1) is 0 Å². The zero-order valence-electron chi connectivity index (χ0n) is 15.1. The zero-order chi connectivity index (χ0) is 18.1. The molecule has 1 aliphatic heterocycles. The maximum absolute atomic E-state index is 12.9. The topological polar surface area (TPSA) is 49.3 Å². The smallest absolute Gasteiger partial charge is 0.256 e. The van der Waals surface area contributed by atoms with Gasteiger partial charge in [0.25, 0.3) is 5.91 Å². The standard InChI is InChI=1S/C21H22N4O/c1-15-14-24(20-7-3-5-17-13-22-10-8-19(17)20)11-12-25(15)21(26)18-6-4-9-23-16(18)2/h3-10,13,15H,11-12,14H2,1-2H3. The van der Waals surface area contributed by atoms with Crippen LogP contribution in [0.5, 0.6) is 0 Å². The predicted molar refractivity (Wildman–Crippen MR) is 103 cm³/mol. The van der Waals surface area contributed by atoms with Gasteiger partial charge in [-0.05, 0) is 38.1 Å². The summed E-state index contributed by atoms with van der Waals surface area (Å²) in [4.78, 5) is 25.7. The molecule has 3 aromatic rings. The summed E-state index contributed by atoms with van der Waals surface area (Å²) in [7, 11) is 0. The van der Waals surface area contributed by atoms with Crippen molar-refractivity contribution >= 4 is 22.4 Å². The Hall–Kier alpha value is -2.95. The Morgan fingerprint density at radius 1 is 1.12 bits per heavy atom. The van der Waals surface area contributed by atoms with E-state index in [9.17, 15) is 4.79 Å². The van der Waals surface area contributed by atoms with E-state index in [2.05, 4.69) is 46.1 Å². The van der Waals surface area contributed by atoms with Gasteiger partial charge in [0.15, 0.2) is 0 Å². The zero-order valence-corrected chi connectivity index (χ0v) is 15.1. The number of aryl methyl sites for hydroxylation is 1. The highest BCUT2D eigenvalue weighted by Crippen LogP contribution is 2.28. The number of carbonyl (C=O) groups excluding carboxylic acids is 1. The second kappa shape index (κ2) is 6.75. The van der Waals surface area contributed by atoms with Crippen LogP contribution in [-0.4, -0.2) is 46.5 Å². The van der Waals surface area contributed by atoms with Crippen molar-refractivity contribution in [2.75, 3.05) is 24.5 Å². The Balaban J connectivity index is 1.57. The first-order chi connectivity index (χ1) is 12.6. The minimum Gasteiger partial charge on any atom is -0.367 e. The molecule has 5 heteroatoms. The molecule has 2 aromatic heterocycles. The molecule has 1 aliphatic rings. The minimum atomic E-state index is 0.0740. The van der Waals surface area contributed by atoms with Crippen LogP contribution in [0.4, 0.5) is 5.69 Å². The van der Waals surface area contributed by atoms with E-state index in [0.717, 1.165) is 24.2 Å². The second-order valence-corrected chi connectivity index (χ2v) is 6.80. The molecular formula is C21H22N4O. The molecule has 0 bridgehead atoms. The first-order valence-corrected chi connectivity index (χ1v) is 8.95. The van der Waals surface area contributed by atoms with Gasteiger partial charge in [-0.3, -0.25) is 14.8 Å². The van der Waals surface area contributed by atoms with Crippen molar-refractivity contribution in [3.05, 3.63) is 66.2 Å². The highest BCUT2D eigenvalue weighted by atomic mass is 16.2. The summed E-state index contributed by atoms with van der Waals surface area (Å²) in [6.07, 6.45) is 5.45. The van der Waals surface area contributed by atoms with Gasteiger partial charge < -0.3 is 9.80 Å². The molecule has 1 aromatic carbocycles. The molecule has 0 N–H and O–H groups in total. The fourth-order valence-corrected chi connectivity index (χ4v) is 3.72. The second-order valence-electron chi connectivity index (χ2n) is 6.80. The summed E-state index contributed by atoms with van der Waals surface area (Å²) >= 11 is 0. The largest absolute Gasteiger partial charge is 0.367 e. The van der Waals surface area contributed by atoms with Gasteiger partial charge in [-0.25, -0.2) is 0 Å². The van der Waals surface area contributed by atoms with Crippen molar-refractivity contribution in [2.24, 2.45) is 0 Å². The van der Waals surface area contributed by atoms with Crippen LogP contribution >= 0.6 is 0 Å². The summed E-state index contributed by atoms with van der Waals surface area (Å²) in [6, 6.07) is 12.2. The van der Waals surface area contributed by atoms with E-state index in [1.165, 1.54) is 11.1 Å². The fraction of sp³-hybridized carbons (Fsp3) is 0.286. The third kappa shape index (κ3) is 2.90. The van der Waals surface area contributed by atoms with E-state index in [1.807, 2.05) is 36.4 Å². The van der Waals surface area contributed by atoms with Crippen LogP contribution in [-0.2, 0) is 0 Å². The van der Waals surface area contributed by atoms with E-state index in [0.29, 0.717) is 12.1 Å². The van der Waals surface area contributed by atoms with Crippen LogP contribution in [0.1, 0.15) is 23.0 Å². The summed E-state index contributed by atoms with van der Waals surface area (Å²) in [5.74, 6) is 0.0740. The average molecular weight is 346 g/mol. The number of anilines is 1. The number of rotatable bonds is 2. The number of carbonyl (C=O) groups is 1. The van der Waals surface area contributed by atoms with E-state index in [-0.39, 0.29) is 11.9 Å². The lowest BCUT2D eigenvalue weighted by atomic mass is 10.1. The number of piperazine rings is 1. The third-order valence-corrected chi connectivity index (χ3v) is 5.12. The number of hydrogen-bond acceptors (Lipinski definition) is 4. The van der Waals surface area contributed by atoms with Crippen LogP contribution in [0.15, 0.2) is 55.0 Å². The number of hydrogen-bond donors (Lipinski definition) is 0. The van der Waals surface area contributed by atoms with E-state index in [4.69, 9.17) is 0 Å². The van der Waals surface area contributed by atoms with Crippen molar-refractivity contribution in [3.8, 4) is 0 Å². The maximum Gasteiger partial charge on any atom is 0.256 e. The van der Waals surface area contributed by atoms with Gasteiger partial charge in [0, 0.05) is 66.4 Å². The number of fused-ring (bicyclic) bond motifs is 1. The van der Waals surface area contributed by atoms with Crippen LogP contribution in [0.25, 0.3) is 10.8 Å². The van der Waals surface area contributed by atoms with E-state index in [1.54, 1.807) is 6.20 Å². The van der Waals surface area contributed by atoms with Gasteiger partial charge in [-0.1, -0.05) is 12.1 Å². The summed E-state index contributed by atoms with van der Waals surface area (Å²) < 4.78 is 0. The lowest BCUT2D eigenvalue weighted by Crippen LogP contribution is -2.54. The summed E-state index contributed by atoms with van der Waals surface area (Å²) in [5, 5.41) is 2.35. The maximum atomic E-state index is 12.9. The molecular weight excluding hydrogens is 324 g/mol. The molecule has 0 saturated carbocycles. The van der Waals surface area contributed by atoms with Gasteiger partial charge in [-0.2, -0.15) is 0 Å². The molecule has 1 atom stereocenters. The van der Waals surface area contributed by atoms with Gasteiger partial charge >= 0.3 is 0 Å².